The van der Waals surface area contributed by atoms with E-state index < -0.39 is 0 Å². The van der Waals surface area contributed by atoms with Crippen LogP contribution in [0.2, 0.25) is 0 Å². The van der Waals surface area contributed by atoms with Crippen molar-refractivity contribution in [3.05, 3.63) is 0 Å². The molecule has 4 atom stereocenters. The summed E-state index contributed by atoms with van der Waals surface area (Å²) in [6.45, 7) is 5.65. The molecule has 0 aromatic carbocycles. The Labute approximate surface area is 94.8 Å². The van der Waals surface area contributed by atoms with E-state index >= 15 is 0 Å². The first-order chi connectivity index (χ1) is 7.20. The number of hydrogen-bond donors (Lipinski definition) is 1. The summed E-state index contributed by atoms with van der Waals surface area (Å²) in [6.07, 6.45) is 5.41. The van der Waals surface area contributed by atoms with Crippen LogP contribution in [0.15, 0.2) is 0 Å². The monoisotopic (exact) mass is 213 g/mol. The van der Waals surface area contributed by atoms with Gasteiger partial charge in [-0.15, -0.1) is 0 Å². The third-order valence-corrected chi connectivity index (χ3v) is 4.11. The van der Waals surface area contributed by atoms with Crippen molar-refractivity contribution in [2.45, 2.75) is 45.6 Å². The molecular weight excluding hydrogens is 186 g/mol. The van der Waals surface area contributed by atoms with Gasteiger partial charge < -0.3 is 10.1 Å². The summed E-state index contributed by atoms with van der Waals surface area (Å²) in [6, 6.07) is 0.678. The molecule has 0 aromatic rings. The maximum atomic E-state index is 5.17. The number of hydrogen-bond acceptors (Lipinski definition) is 2. The summed E-state index contributed by atoms with van der Waals surface area (Å²) in [7, 11) is 3.90. The maximum absolute atomic E-state index is 5.17. The van der Waals surface area contributed by atoms with Crippen LogP contribution >= 0.6 is 0 Å². The van der Waals surface area contributed by atoms with Gasteiger partial charge in [-0.05, 0) is 37.6 Å². The highest BCUT2D eigenvalue weighted by atomic mass is 16.5. The Hall–Kier alpha value is -0.0800. The molecule has 4 unspecified atom stereocenters. The molecule has 1 aliphatic carbocycles. The van der Waals surface area contributed by atoms with Crippen molar-refractivity contribution in [3.8, 4) is 0 Å². The normalized spacial score (nSPS) is 30.4. The Morgan fingerprint density at radius 1 is 1.40 bits per heavy atom. The number of ether oxygens (including phenoxy) is 1. The highest BCUT2D eigenvalue weighted by molar-refractivity contribution is 4.87. The number of nitrogens with one attached hydrogen (secondary N) is 1. The lowest BCUT2D eigenvalue weighted by Crippen LogP contribution is -2.40. The van der Waals surface area contributed by atoms with Crippen LogP contribution in [-0.2, 0) is 4.74 Å². The van der Waals surface area contributed by atoms with E-state index in [2.05, 4.69) is 26.2 Å². The SMILES string of the molecule is CNC(C(C)CCOC)C1CCCC1C. The highest BCUT2D eigenvalue weighted by Crippen LogP contribution is 2.36. The van der Waals surface area contributed by atoms with Crippen LogP contribution < -0.4 is 5.32 Å². The van der Waals surface area contributed by atoms with Crippen molar-refractivity contribution in [3.63, 3.8) is 0 Å². The van der Waals surface area contributed by atoms with Gasteiger partial charge in [-0.3, -0.25) is 0 Å². The zero-order valence-corrected chi connectivity index (χ0v) is 10.8. The molecule has 2 nitrogen and oxygen atoms in total. The van der Waals surface area contributed by atoms with Crippen molar-refractivity contribution < 1.29 is 4.74 Å². The summed E-state index contributed by atoms with van der Waals surface area (Å²) in [5.41, 5.74) is 0. The van der Waals surface area contributed by atoms with Gasteiger partial charge in [-0.25, -0.2) is 0 Å². The number of rotatable bonds is 6. The van der Waals surface area contributed by atoms with Crippen LogP contribution in [0.4, 0.5) is 0 Å². The summed E-state index contributed by atoms with van der Waals surface area (Å²) < 4.78 is 5.17. The van der Waals surface area contributed by atoms with E-state index in [9.17, 15) is 0 Å². The molecule has 0 amide bonds. The van der Waals surface area contributed by atoms with Crippen molar-refractivity contribution in [2.75, 3.05) is 20.8 Å². The lowest BCUT2D eigenvalue weighted by Gasteiger charge is -2.31. The van der Waals surface area contributed by atoms with E-state index in [1.54, 1.807) is 7.11 Å². The first-order valence-electron chi connectivity index (χ1n) is 6.37. The van der Waals surface area contributed by atoms with Crippen LogP contribution in [-0.4, -0.2) is 26.8 Å². The molecule has 0 heterocycles. The molecule has 0 aliphatic heterocycles. The molecular formula is C13H27NO. The standard InChI is InChI=1S/C13H27NO/c1-10-6-5-7-12(10)13(14-3)11(2)8-9-15-4/h10-14H,5-9H2,1-4H3. The minimum Gasteiger partial charge on any atom is -0.385 e. The van der Waals surface area contributed by atoms with Gasteiger partial charge in [0, 0.05) is 19.8 Å². The highest BCUT2D eigenvalue weighted by Gasteiger charge is 2.32. The fraction of sp³-hybridized carbons (Fsp3) is 1.00. The maximum Gasteiger partial charge on any atom is 0.0465 e. The van der Waals surface area contributed by atoms with Crippen LogP contribution in [0.5, 0.6) is 0 Å². The van der Waals surface area contributed by atoms with Gasteiger partial charge in [0.2, 0.25) is 0 Å². The predicted octanol–water partition coefficient (Wildman–Crippen LogP) is 2.68. The second-order valence-corrected chi connectivity index (χ2v) is 5.15. The molecule has 1 fully saturated rings. The fourth-order valence-corrected chi connectivity index (χ4v) is 3.11. The topological polar surface area (TPSA) is 21.3 Å². The molecule has 1 N–H and O–H groups in total. The first-order valence-corrected chi connectivity index (χ1v) is 6.37. The van der Waals surface area contributed by atoms with Crippen molar-refractivity contribution in [1.29, 1.82) is 0 Å². The number of methoxy groups -OCH3 is 1. The van der Waals surface area contributed by atoms with Gasteiger partial charge in [-0.2, -0.15) is 0 Å². The Morgan fingerprint density at radius 2 is 2.13 bits per heavy atom. The predicted molar refractivity (Wildman–Crippen MR) is 65.0 cm³/mol. The van der Waals surface area contributed by atoms with Gasteiger partial charge >= 0.3 is 0 Å². The fourth-order valence-electron chi connectivity index (χ4n) is 3.11. The van der Waals surface area contributed by atoms with Gasteiger partial charge in [0.1, 0.15) is 0 Å². The third kappa shape index (κ3) is 3.46. The zero-order valence-electron chi connectivity index (χ0n) is 10.8. The van der Waals surface area contributed by atoms with Crippen molar-refractivity contribution in [2.24, 2.45) is 17.8 Å². The van der Waals surface area contributed by atoms with Gasteiger partial charge in [0.25, 0.3) is 0 Å². The third-order valence-electron chi connectivity index (χ3n) is 4.11. The van der Waals surface area contributed by atoms with Crippen molar-refractivity contribution in [1.82, 2.24) is 5.32 Å². The summed E-state index contributed by atoms with van der Waals surface area (Å²) in [5, 5.41) is 3.53. The molecule has 1 aliphatic rings. The van der Waals surface area contributed by atoms with Crippen LogP contribution in [0, 0.1) is 17.8 Å². The molecule has 15 heavy (non-hydrogen) atoms. The van der Waals surface area contributed by atoms with E-state index in [1.807, 2.05) is 0 Å². The van der Waals surface area contributed by atoms with Gasteiger partial charge in [0.05, 0.1) is 0 Å². The lowest BCUT2D eigenvalue weighted by atomic mass is 9.82. The molecule has 0 radical (unpaired) electrons. The average molecular weight is 213 g/mol. The Balaban J connectivity index is 2.46. The van der Waals surface area contributed by atoms with E-state index in [-0.39, 0.29) is 0 Å². The molecule has 0 saturated heterocycles. The molecule has 1 rings (SSSR count). The Bertz CT molecular complexity index is 172. The van der Waals surface area contributed by atoms with Crippen molar-refractivity contribution >= 4 is 0 Å². The Morgan fingerprint density at radius 3 is 2.60 bits per heavy atom. The van der Waals surface area contributed by atoms with Gasteiger partial charge in [0.15, 0.2) is 0 Å². The first kappa shape index (κ1) is 13.0. The van der Waals surface area contributed by atoms with Crippen LogP contribution in [0.25, 0.3) is 0 Å². The average Bonchev–Trinajstić information content (AvgIpc) is 2.63. The molecule has 1 saturated carbocycles. The molecule has 0 spiro atoms. The molecule has 2 heteroatoms. The van der Waals surface area contributed by atoms with E-state index in [0.29, 0.717) is 6.04 Å². The summed E-state index contributed by atoms with van der Waals surface area (Å²) >= 11 is 0. The minimum absolute atomic E-state index is 0.678. The van der Waals surface area contributed by atoms with E-state index in [4.69, 9.17) is 4.74 Å². The van der Waals surface area contributed by atoms with Gasteiger partial charge in [-0.1, -0.05) is 26.7 Å². The lowest BCUT2D eigenvalue weighted by molar-refractivity contribution is 0.153. The second-order valence-electron chi connectivity index (χ2n) is 5.15. The largest absolute Gasteiger partial charge is 0.385 e. The molecule has 0 bridgehead atoms. The van der Waals surface area contributed by atoms with E-state index in [1.165, 1.54) is 25.7 Å². The molecule has 90 valence electrons. The molecule has 0 aromatic heterocycles. The minimum atomic E-state index is 0.678. The smallest absolute Gasteiger partial charge is 0.0465 e. The second kappa shape index (κ2) is 6.49. The summed E-state index contributed by atoms with van der Waals surface area (Å²) in [4.78, 5) is 0. The summed E-state index contributed by atoms with van der Waals surface area (Å²) in [5.74, 6) is 2.50. The Kier molecular flexibility index (Phi) is 5.62. The van der Waals surface area contributed by atoms with E-state index in [0.717, 1.165) is 24.4 Å². The zero-order chi connectivity index (χ0) is 11.3. The quantitative estimate of drug-likeness (QED) is 0.732. The van der Waals surface area contributed by atoms with Crippen LogP contribution in [0.3, 0.4) is 0 Å². The van der Waals surface area contributed by atoms with Crippen LogP contribution in [0.1, 0.15) is 39.5 Å².